The van der Waals surface area contributed by atoms with Gasteiger partial charge in [-0.3, -0.25) is 4.90 Å². The third-order valence-corrected chi connectivity index (χ3v) is 3.29. The Kier molecular flexibility index (Phi) is 8.88. The van der Waals surface area contributed by atoms with Crippen LogP contribution in [0.15, 0.2) is 0 Å². The summed E-state index contributed by atoms with van der Waals surface area (Å²) in [6.07, 6.45) is 1.21. The van der Waals surface area contributed by atoms with E-state index >= 15 is 0 Å². The molecule has 0 heterocycles. The summed E-state index contributed by atoms with van der Waals surface area (Å²) in [6.45, 7) is 18.2. The summed E-state index contributed by atoms with van der Waals surface area (Å²) in [5, 5.41) is 3.66. The van der Waals surface area contributed by atoms with Crippen molar-refractivity contribution >= 4 is 0 Å². The zero-order valence-electron chi connectivity index (χ0n) is 14.6. The highest BCUT2D eigenvalue weighted by atomic mass is 15.2. The summed E-state index contributed by atoms with van der Waals surface area (Å²) in [5.74, 6) is 0.728. The van der Waals surface area contributed by atoms with Crippen LogP contribution in [0.2, 0.25) is 0 Å². The van der Waals surface area contributed by atoms with Gasteiger partial charge in [-0.1, -0.05) is 20.8 Å². The second-order valence-corrected chi connectivity index (χ2v) is 7.39. The van der Waals surface area contributed by atoms with Crippen LogP contribution in [0.1, 0.15) is 48.0 Å². The predicted molar refractivity (Wildman–Crippen MR) is 86.8 cm³/mol. The quantitative estimate of drug-likeness (QED) is 0.695. The molecule has 0 aromatic carbocycles. The van der Waals surface area contributed by atoms with Crippen molar-refractivity contribution < 1.29 is 0 Å². The molecule has 1 atom stereocenters. The fourth-order valence-corrected chi connectivity index (χ4v) is 2.18. The summed E-state index contributed by atoms with van der Waals surface area (Å²) >= 11 is 0. The van der Waals surface area contributed by atoms with Gasteiger partial charge in [0, 0.05) is 37.8 Å². The number of nitrogens with one attached hydrogen (secondary N) is 1. The largest absolute Gasteiger partial charge is 0.311 e. The lowest BCUT2D eigenvalue weighted by atomic mass is 10.1. The number of rotatable bonds is 9. The maximum absolute atomic E-state index is 3.66. The van der Waals surface area contributed by atoms with Gasteiger partial charge in [0.25, 0.3) is 0 Å². The van der Waals surface area contributed by atoms with E-state index in [1.54, 1.807) is 0 Å². The van der Waals surface area contributed by atoms with Crippen molar-refractivity contribution in [1.29, 1.82) is 0 Å². The molecule has 0 rings (SSSR count). The molecule has 0 aromatic rings. The van der Waals surface area contributed by atoms with Crippen LogP contribution in [0.4, 0.5) is 0 Å². The average molecular weight is 271 g/mol. The third kappa shape index (κ3) is 10.3. The summed E-state index contributed by atoms with van der Waals surface area (Å²) < 4.78 is 0. The van der Waals surface area contributed by atoms with E-state index in [9.17, 15) is 0 Å². The van der Waals surface area contributed by atoms with Gasteiger partial charge in [-0.05, 0) is 47.2 Å². The number of nitrogens with zero attached hydrogens (tertiary/aromatic N) is 2. The van der Waals surface area contributed by atoms with Crippen LogP contribution in [0.5, 0.6) is 0 Å². The molecule has 0 aliphatic heterocycles. The van der Waals surface area contributed by atoms with Crippen LogP contribution in [-0.4, -0.2) is 61.7 Å². The van der Waals surface area contributed by atoms with E-state index in [2.05, 4.69) is 70.8 Å². The van der Waals surface area contributed by atoms with Crippen molar-refractivity contribution in [3.63, 3.8) is 0 Å². The molecule has 1 N–H and O–H groups in total. The van der Waals surface area contributed by atoms with Crippen LogP contribution in [0.25, 0.3) is 0 Å². The molecule has 3 nitrogen and oxygen atoms in total. The molecule has 0 spiro atoms. The molecule has 0 amide bonds. The number of likely N-dealkylation sites (N-methyl/N-ethyl adjacent to an activating group) is 1. The molecule has 0 bridgehead atoms. The Hall–Kier alpha value is -0.120. The van der Waals surface area contributed by atoms with Crippen molar-refractivity contribution in [3.05, 3.63) is 0 Å². The Morgan fingerprint density at radius 2 is 1.63 bits per heavy atom. The van der Waals surface area contributed by atoms with Crippen LogP contribution in [-0.2, 0) is 0 Å². The minimum atomic E-state index is 0.207. The van der Waals surface area contributed by atoms with Crippen molar-refractivity contribution in [2.45, 2.75) is 59.5 Å². The van der Waals surface area contributed by atoms with Gasteiger partial charge in [0.15, 0.2) is 0 Å². The Morgan fingerprint density at radius 1 is 1.05 bits per heavy atom. The van der Waals surface area contributed by atoms with Crippen LogP contribution in [0, 0.1) is 5.92 Å². The second-order valence-electron chi connectivity index (χ2n) is 7.39. The van der Waals surface area contributed by atoms with E-state index < -0.39 is 0 Å². The Labute approximate surface area is 121 Å². The first-order valence-electron chi connectivity index (χ1n) is 7.79. The molecule has 0 aliphatic rings. The van der Waals surface area contributed by atoms with E-state index in [0.29, 0.717) is 6.04 Å². The minimum Gasteiger partial charge on any atom is -0.311 e. The zero-order valence-corrected chi connectivity index (χ0v) is 14.6. The van der Waals surface area contributed by atoms with Crippen molar-refractivity contribution in [2.24, 2.45) is 5.92 Å². The van der Waals surface area contributed by atoms with E-state index in [-0.39, 0.29) is 5.54 Å². The van der Waals surface area contributed by atoms with Gasteiger partial charge in [-0.15, -0.1) is 0 Å². The molecule has 3 heteroatoms. The first kappa shape index (κ1) is 18.9. The van der Waals surface area contributed by atoms with Crippen LogP contribution >= 0.6 is 0 Å². The monoisotopic (exact) mass is 271 g/mol. The topological polar surface area (TPSA) is 18.5 Å². The average Bonchev–Trinajstić information content (AvgIpc) is 2.23. The normalized spacial score (nSPS) is 14.7. The zero-order chi connectivity index (χ0) is 15.1. The number of hydrogen-bond donors (Lipinski definition) is 1. The Morgan fingerprint density at radius 3 is 2.00 bits per heavy atom. The molecule has 0 radical (unpaired) electrons. The molecular weight excluding hydrogens is 234 g/mol. The standard InChI is InChI=1S/C16H37N3/c1-9-15(12-17-16(4,5)6)19(13-14(2)3)11-10-18(7)8/h14-15,17H,9-13H2,1-8H3. The maximum Gasteiger partial charge on any atom is 0.0218 e. The predicted octanol–water partition coefficient (Wildman–Crippen LogP) is 2.67. The second kappa shape index (κ2) is 8.93. The van der Waals surface area contributed by atoms with Gasteiger partial charge in [0.1, 0.15) is 0 Å². The SMILES string of the molecule is CCC(CNC(C)(C)C)N(CCN(C)C)CC(C)C. The molecule has 0 fully saturated rings. The van der Waals surface area contributed by atoms with E-state index in [1.807, 2.05) is 0 Å². The fourth-order valence-electron chi connectivity index (χ4n) is 2.18. The fraction of sp³-hybridized carbons (Fsp3) is 1.00. The van der Waals surface area contributed by atoms with E-state index in [0.717, 1.165) is 25.6 Å². The number of hydrogen-bond acceptors (Lipinski definition) is 3. The Bertz CT molecular complexity index is 219. The van der Waals surface area contributed by atoms with Gasteiger partial charge in [0.2, 0.25) is 0 Å². The first-order valence-corrected chi connectivity index (χ1v) is 7.79. The van der Waals surface area contributed by atoms with Crippen molar-refractivity contribution in [3.8, 4) is 0 Å². The van der Waals surface area contributed by atoms with Gasteiger partial charge in [-0.25, -0.2) is 0 Å². The molecule has 116 valence electrons. The smallest absolute Gasteiger partial charge is 0.0218 e. The van der Waals surface area contributed by atoms with Gasteiger partial charge in [0.05, 0.1) is 0 Å². The van der Waals surface area contributed by atoms with Gasteiger partial charge < -0.3 is 10.2 Å². The minimum absolute atomic E-state index is 0.207. The lowest BCUT2D eigenvalue weighted by molar-refractivity contribution is 0.147. The highest BCUT2D eigenvalue weighted by Gasteiger charge is 2.20. The summed E-state index contributed by atoms with van der Waals surface area (Å²) in [4.78, 5) is 4.93. The summed E-state index contributed by atoms with van der Waals surface area (Å²) in [5.41, 5.74) is 0.207. The molecule has 19 heavy (non-hydrogen) atoms. The lowest BCUT2D eigenvalue weighted by Gasteiger charge is -2.35. The molecule has 0 aromatic heterocycles. The van der Waals surface area contributed by atoms with Gasteiger partial charge >= 0.3 is 0 Å². The Balaban J connectivity index is 4.48. The highest BCUT2D eigenvalue weighted by molar-refractivity contribution is 4.79. The van der Waals surface area contributed by atoms with E-state index in [1.165, 1.54) is 13.0 Å². The van der Waals surface area contributed by atoms with Gasteiger partial charge in [-0.2, -0.15) is 0 Å². The van der Waals surface area contributed by atoms with Crippen molar-refractivity contribution in [2.75, 3.05) is 40.3 Å². The third-order valence-electron chi connectivity index (χ3n) is 3.29. The van der Waals surface area contributed by atoms with E-state index in [4.69, 9.17) is 0 Å². The summed E-state index contributed by atoms with van der Waals surface area (Å²) in [7, 11) is 4.31. The molecule has 0 saturated carbocycles. The lowest BCUT2D eigenvalue weighted by Crippen LogP contribution is -2.49. The molecule has 1 unspecified atom stereocenters. The molecular formula is C16H37N3. The highest BCUT2D eigenvalue weighted by Crippen LogP contribution is 2.09. The molecule has 0 saturated heterocycles. The summed E-state index contributed by atoms with van der Waals surface area (Å²) in [6, 6.07) is 0.640. The van der Waals surface area contributed by atoms with Crippen LogP contribution in [0.3, 0.4) is 0 Å². The van der Waals surface area contributed by atoms with Crippen molar-refractivity contribution in [1.82, 2.24) is 15.1 Å². The molecule has 0 aliphatic carbocycles. The van der Waals surface area contributed by atoms with Crippen LogP contribution < -0.4 is 5.32 Å². The first-order chi connectivity index (χ1) is 8.65. The maximum atomic E-state index is 3.66.